The van der Waals surface area contributed by atoms with Crippen molar-refractivity contribution in [2.75, 3.05) is 5.32 Å². The molecule has 0 amide bonds. The molecule has 1 heterocycles. The highest BCUT2D eigenvalue weighted by Gasteiger charge is 2.11. The van der Waals surface area contributed by atoms with E-state index in [1.807, 2.05) is 36.4 Å². The lowest BCUT2D eigenvalue weighted by Crippen LogP contribution is -2.12. The summed E-state index contributed by atoms with van der Waals surface area (Å²) in [6.45, 7) is 0. The number of benzene rings is 1. The Morgan fingerprint density at radius 1 is 1.05 bits per heavy atom. The molecule has 0 spiro atoms. The Balaban J connectivity index is 2.15. The fraction of sp³-hybridized carbons (Fsp3) is 0.200. The Hall–Kier alpha value is -2.92. The zero-order valence-electron chi connectivity index (χ0n) is 10.8. The summed E-state index contributed by atoms with van der Waals surface area (Å²) in [5.74, 6) is 0.593. The van der Waals surface area contributed by atoms with Gasteiger partial charge in [-0.1, -0.05) is 30.3 Å². The second-order valence-electron chi connectivity index (χ2n) is 4.22. The third kappa shape index (κ3) is 3.54. The van der Waals surface area contributed by atoms with Crippen LogP contribution >= 0.6 is 0 Å². The molecule has 20 heavy (non-hydrogen) atoms. The molecule has 1 unspecified atom stereocenters. The van der Waals surface area contributed by atoms with Gasteiger partial charge < -0.3 is 5.32 Å². The van der Waals surface area contributed by atoms with E-state index < -0.39 is 0 Å². The molecule has 0 aliphatic carbocycles. The number of hydrogen-bond acceptors (Lipinski definition) is 5. The zero-order valence-corrected chi connectivity index (χ0v) is 10.8. The smallest absolute Gasteiger partial charge is 0.163 e. The fourth-order valence-corrected chi connectivity index (χ4v) is 1.86. The van der Waals surface area contributed by atoms with Crippen molar-refractivity contribution < 1.29 is 0 Å². The van der Waals surface area contributed by atoms with Crippen molar-refractivity contribution in [3.63, 3.8) is 0 Å². The van der Waals surface area contributed by atoms with Crippen molar-refractivity contribution in [3.8, 4) is 12.1 Å². The maximum absolute atomic E-state index is 8.75. The quantitative estimate of drug-likeness (QED) is 0.896. The van der Waals surface area contributed by atoms with E-state index in [0.717, 1.165) is 5.56 Å². The first-order chi connectivity index (χ1) is 9.83. The highest BCUT2D eigenvalue weighted by atomic mass is 15.2. The van der Waals surface area contributed by atoms with Gasteiger partial charge in [0.2, 0.25) is 0 Å². The molecule has 0 bridgehead atoms. The molecule has 5 heteroatoms. The minimum absolute atomic E-state index is 0.00177. The number of anilines is 1. The molecule has 0 saturated carbocycles. The van der Waals surface area contributed by atoms with Crippen LogP contribution in [0.4, 0.5) is 5.82 Å². The maximum atomic E-state index is 8.75. The SMILES string of the molecule is N#CCCC(Nc1ccc(C#N)nn1)c1ccccc1. The molecule has 2 aromatic rings. The third-order valence-electron chi connectivity index (χ3n) is 2.85. The first-order valence-corrected chi connectivity index (χ1v) is 6.25. The Bertz CT molecular complexity index is 622. The molecule has 0 radical (unpaired) electrons. The molecule has 98 valence electrons. The van der Waals surface area contributed by atoms with Crippen LogP contribution in [0.2, 0.25) is 0 Å². The Morgan fingerprint density at radius 3 is 2.45 bits per heavy atom. The van der Waals surface area contributed by atoms with Crippen molar-refractivity contribution in [1.29, 1.82) is 10.5 Å². The average molecular weight is 263 g/mol. The normalized spacial score (nSPS) is 11.1. The number of nitrogens with one attached hydrogen (secondary N) is 1. The standard InChI is InChI=1S/C15H13N5/c16-10-4-7-14(12-5-2-1-3-6-12)18-15-9-8-13(11-17)19-20-15/h1-3,5-6,8-9,14H,4,7H2,(H,18,20). The van der Waals surface area contributed by atoms with Gasteiger partial charge in [-0.05, 0) is 24.1 Å². The lowest BCUT2D eigenvalue weighted by atomic mass is 10.0. The van der Waals surface area contributed by atoms with Gasteiger partial charge >= 0.3 is 0 Å². The van der Waals surface area contributed by atoms with Crippen LogP contribution in [-0.2, 0) is 0 Å². The van der Waals surface area contributed by atoms with Crippen LogP contribution < -0.4 is 5.32 Å². The van der Waals surface area contributed by atoms with E-state index in [9.17, 15) is 0 Å². The van der Waals surface area contributed by atoms with Crippen LogP contribution in [0.1, 0.15) is 30.1 Å². The number of nitriles is 2. The van der Waals surface area contributed by atoms with Crippen LogP contribution in [0.15, 0.2) is 42.5 Å². The molecular formula is C15H13N5. The summed E-state index contributed by atoms with van der Waals surface area (Å²) in [7, 11) is 0. The van der Waals surface area contributed by atoms with E-state index in [0.29, 0.717) is 18.7 Å². The largest absolute Gasteiger partial charge is 0.362 e. The first-order valence-electron chi connectivity index (χ1n) is 6.25. The zero-order chi connectivity index (χ0) is 14.2. The summed E-state index contributed by atoms with van der Waals surface area (Å²) in [4.78, 5) is 0. The van der Waals surface area contributed by atoms with E-state index in [1.165, 1.54) is 0 Å². The van der Waals surface area contributed by atoms with Crippen LogP contribution in [0.3, 0.4) is 0 Å². The number of aromatic nitrogens is 2. The number of hydrogen-bond donors (Lipinski definition) is 1. The molecule has 0 fully saturated rings. The predicted molar refractivity (Wildman–Crippen MR) is 74.4 cm³/mol. The maximum Gasteiger partial charge on any atom is 0.163 e. The van der Waals surface area contributed by atoms with Gasteiger partial charge in [0.15, 0.2) is 5.69 Å². The van der Waals surface area contributed by atoms with E-state index >= 15 is 0 Å². The highest BCUT2D eigenvalue weighted by molar-refractivity contribution is 5.39. The summed E-state index contributed by atoms with van der Waals surface area (Å²) < 4.78 is 0. The van der Waals surface area contributed by atoms with Crippen LogP contribution in [-0.4, -0.2) is 10.2 Å². The lowest BCUT2D eigenvalue weighted by Gasteiger charge is -2.18. The molecule has 2 rings (SSSR count). The van der Waals surface area contributed by atoms with Gasteiger partial charge in [0, 0.05) is 6.42 Å². The van der Waals surface area contributed by atoms with Crippen molar-refractivity contribution >= 4 is 5.82 Å². The molecule has 1 aromatic carbocycles. The van der Waals surface area contributed by atoms with Crippen LogP contribution in [0.25, 0.3) is 0 Å². The monoisotopic (exact) mass is 263 g/mol. The highest BCUT2D eigenvalue weighted by Crippen LogP contribution is 2.22. The van der Waals surface area contributed by atoms with Gasteiger partial charge in [0.1, 0.15) is 11.9 Å². The number of rotatable bonds is 5. The lowest BCUT2D eigenvalue weighted by molar-refractivity contribution is 0.703. The van der Waals surface area contributed by atoms with Gasteiger partial charge in [-0.3, -0.25) is 0 Å². The summed E-state index contributed by atoms with van der Waals surface area (Å²) in [5.41, 5.74) is 1.37. The molecule has 0 saturated heterocycles. The van der Waals surface area contributed by atoms with Gasteiger partial charge in [0.05, 0.1) is 12.1 Å². The average Bonchev–Trinajstić information content (AvgIpc) is 2.53. The fourth-order valence-electron chi connectivity index (χ4n) is 1.86. The van der Waals surface area contributed by atoms with E-state index in [1.54, 1.807) is 12.1 Å². The second kappa shape index (κ2) is 6.86. The molecule has 0 aliphatic rings. The van der Waals surface area contributed by atoms with Crippen molar-refractivity contribution in [1.82, 2.24) is 10.2 Å². The summed E-state index contributed by atoms with van der Waals surface area (Å²) >= 11 is 0. The molecule has 1 N–H and O–H groups in total. The molecule has 0 aliphatic heterocycles. The number of nitrogens with zero attached hydrogens (tertiary/aromatic N) is 4. The van der Waals surface area contributed by atoms with E-state index in [2.05, 4.69) is 21.6 Å². The van der Waals surface area contributed by atoms with Crippen molar-refractivity contribution in [2.45, 2.75) is 18.9 Å². The minimum Gasteiger partial charge on any atom is -0.362 e. The summed E-state index contributed by atoms with van der Waals surface area (Å²) in [5, 5.41) is 28.4. The van der Waals surface area contributed by atoms with Gasteiger partial charge in [0.25, 0.3) is 0 Å². The second-order valence-corrected chi connectivity index (χ2v) is 4.22. The van der Waals surface area contributed by atoms with Crippen molar-refractivity contribution in [2.24, 2.45) is 0 Å². The van der Waals surface area contributed by atoms with Crippen LogP contribution in [0.5, 0.6) is 0 Å². The predicted octanol–water partition coefficient (Wildman–Crippen LogP) is 2.81. The molecule has 1 aromatic heterocycles. The van der Waals surface area contributed by atoms with Crippen LogP contribution in [0, 0.1) is 22.7 Å². The molecule has 1 atom stereocenters. The Morgan fingerprint density at radius 2 is 1.85 bits per heavy atom. The van der Waals surface area contributed by atoms with E-state index in [4.69, 9.17) is 10.5 Å². The minimum atomic E-state index is -0.00177. The van der Waals surface area contributed by atoms with Gasteiger partial charge in [-0.15, -0.1) is 10.2 Å². The van der Waals surface area contributed by atoms with E-state index in [-0.39, 0.29) is 11.7 Å². The Labute approximate surface area is 117 Å². The first kappa shape index (κ1) is 13.5. The summed E-state index contributed by atoms with van der Waals surface area (Å²) in [6, 6.07) is 17.3. The Kier molecular flexibility index (Phi) is 4.64. The molecular weight excluding hydrogens is 250 g/mol. The molecule has 5 nitrogen and oxygen atoms in total. The third-order valence-corrected chi connectivity index (χ3v) is 2.85. The topological polar surface area (TPSA) is 85.4 Å². The van der Waals surface area contributed by atoms with Gasteiger partial charge in [-0.25, -0.2) is 0 Å². The summed E-state index contributed by atoms with van der Waals surface area (Å²) in [6.07, 6.45) is 1.14. The van der Waals surface area contributed by atoms with Crippen molar-refractivity contribution in [3.05, 3.63) is 53.7 Å². The van der Waals surface area contributed by atoms with Gasteiger partial charge in [-0.2, -0.15) is 10.5 Å².